The molecule has 0 bridgehead atoms. The first-order chi connectivity index (χ1) is 9.67. The van der Waals surface area contributed by atoms with Gasteiger partial charge in [-0.25, -0.2) is 0 Å². The zero-order valence-corrected chi connectivity index (χ0v) is 12.1. The average Bonchev–Trinajstić information content (AvgIpc) is 2.94. The maximum Gasteiger partial charge on any atom is 0.278 e. The molecule has 0 fully saturated rings. The van der Waals surface area contributed by atoms with Crippen LogP contribution in [0.2, 0.25) is 0 Å². The molecule has 7 heteroatoms. The lowest BCUT2D eigenvalue weighted by Crippen LogP contribution is -1.90. The van der Waals surface area contributed by atoms with E-state index in [1.54, 1.807) is 39.3 Å². The molecule has 1 unspecified atom stereocenters. The molecule has 104 valence electrons. The fourth-order valence-electron chi connectivity index (χ4n) is 1.52. The lowest BCUT2D eigenvalue weighted by Gasteiger charge is -2.07. The zero-order chi connectivity index (χ0) is 14.5. The van der Waals surface area contributed by atoms with Gasteiger partial charge in [0, 0.05) is 5.56 Å². The fourth-order valence-corrected chi connectivity index (χ4v) is 2.09. The van der Waals surface area contributed by atoms with E-state index in [2.05, 4.69) is 16.3 Å². The number of ether oxygens (including phenoxy) is 2. The number of thioether (sulfide) groups is 1. The SMILES string of the molecule is COc1ccc(-c2nnc(SC(C)C#N)o2)cc1OC. The molecule has 0 radical (unpaired) electrons. The van der Waals surface area contributed by atoms with Gasteiger partial charge in [0.1, 0.15) is 0 Å². The highest BCUT2D eigenvalue weighted by atomic mass is 32.2. The van der Waals surface area contributed by atoms with E-state index in [1.165, 1.54) is 11.8 Å². The molecular weight excluding hydrogens is 278 g/mol. The molecule has 0 spiro atoms. The molecule has 1 aromatic heterocycles. The Hall–Kier alpha value is -2.20. The van der Waals surface area contributed by atoms with Crippen molar-refractivity contribution in [2.75, 3.05) is 14.2 Å². The van der Waals surface area contributed by atoms with Crippen LogP contribution in [0.5, 0.6) is 11.5 Å². The Balaban J connectivity index is 2.26. The fraction of sp³-hybridized carbons (Fsp3) is 0.308. The smallest absolute Gasteiger partial charge is 0.278 e. The first-order valence-corrected chi connectivity index (χ1v) is 6.68. The second-order valence-electron chi connectivity index (χ2n) is 3.83. The summed E-state index contributed by atoms with van der Waals surface area (Å²) in [4.78, 5) is 0. The van der Waals surface area contributed by atoms with E-state index in [9.17, 15) is 0 Å². The van der Waals surface area contributed by atoms with Gasteiger partial charge in [0.15, 0.2) is 11.5 Å². The molecule has 0 saturated heterocycles. The van der Waals surface area contributed by atoms with Crippen molar-refractivity contribution in [2.45, 2.75) is 17.4 Å². The van der Waals surface area contributed by atoms with Crippen LogP contribution in [-0.2, 0) is 0 Å². The number of methoxy groups -OCH3 is 2. The second-order valence-corrected chi connectivity index (χ2v) is 5.12. The molecule has 0 aliphatic rings. The quantitative estimate of drug-likeness (QED) is 0.783. The lowest BCUT2D eigenvalue weighted by atomic mass is 10.2. The highest BCUT2D eigenvalue weighted by Crippen LogP contribution is 2.33. The van der Waals surface area contributed by atoms with Crippen LogP contribution in [0, 0.1) is 11.3 Å². The molecular formula is C13H13N3O3S. The molecule has 0 aliphatic carbocycles. The molecule has 6 nitrogen and oxygen atoms in total. The summed E-state index contributed by atoms with van der Waals surface area (Å²) in [6.07, 6.45) is 0. The number of nitrogens with zero attached hydrogens (tertiary/aromatic N) is 3. The van der Waals surface area contributed by atoms with Crippen LogP contribution in [0.3, 0.4) is 0 Å². The lowest BCUT2D eigenvalue weighted by molar-refractivity contribution is 0.355. The Kier molecular flexibility index (Phi) is 4.48. The molecule has 1 atom stereocenters. The van der Waals surface area contributed by atoms with Crippen molar-refractivity contribution in [3.05, 3.63) is 18.2 Å². The minimum absolute atomic E-state index is 0.242. The number of rotatable bonds is 5. The first-order valence-electron chi connectivity index (χ1n) is 5.80. The molecule has 0 amide bonds. The van der Waals surface area contributed by atoms with Crippen LogP contribution >= 0.6 is 11.8 Å². The Morgan fingerprint density at radius 3 is 2.65 bits per heavy atom. The molecule has 0 saturated carbocycles. The van der Waals surface area contributed by atoms with Crippen LogP contribution in [0.25, 0.3) is 11.5 Å². The first kappa shape index (κ1) is 14.2. The van der Waals surface area contributed by atoms with E-state index in [1.807, 2.05) is 0 Å². The van der Waals surface area contributed by atoms with Crippen molar-refractivity contribution in [3.63, 3.8) is 0 Å². The van der Waals surface area contributed by atoms with Crippen LogP contribution in [0.1, 0.15) is 6.92 Å². The van der Waals surface area contributed by atoms with Gasteiger partial charge in [0.2, 0.25) is 5.89 Å². The summed E-state index contributed by atoms with van der Waals surface area (Å²) in [5, 5.41) is 16.7. The van der Waals surface area contributed by atoms with Crippen molar-refractivity contribution in [1.82, 2.24) is 10.2 Å². The topological polar surface area (TPSA) is 81.2 Å². The van der Waals surface area contributed by atoms with Crippen LogP contribution in [-0.4, -0.2) is 29.7 Å². The maximum atomic E-state index is 8.75. The summed E-state index contributed by atoms with van der Waals surface area (Å²) < 4.78 is 15.9. The predicted octanol–water partition coefficient (Wildman–Crippen LogP) is 2.76. The summed E-state index contributed by atoms with van der Waals surface area (Å²) in [6.45, 7) is 1.77. The zero-order valence-electron chi connectivity index (χ0n) is 11.3. The van der Waals surface area contributed by atoms with Crippen molar-refractivity contribution in [1.29, 1.82) is 5.26 Å². The molecule has 1 heterocycles. The van der Waals surface area contributed by atoms with E-state index in [-0.39, 0.29) is 5.25 Å². The Morgan fingerprint density at radius 2 is 2.00 bits per heavy atom. The van der Waals surface area contributed by atoms with E-state index < -0.39 is 0 Å². The van der Waals surface area contributed by atoms with Gasteiger partial charge in [-0.1, -0.05) is 0 Å². The van der Waals surface area contributed by atoms with Gasteiger partial charge in [-0.2, -0.15) is 5.26 Å². The summed E-state index contributed by atoms with van der Waals surface area (Å²) in [6, 6.07) is 7.42. The Labute approximate surface area is 120 Å². The van der Waals surface area contributed by atoms with Crippen molar-refractivity contribution < 1.29 is 13.9 Å². The van der Waals surface area contributed by atoms with Gasteiger partial charge in [-0.05, 0) is 36.9 Å². The van der Waals surface area contributed by atoms with E-state index >= 15 is 0 Å². The van der Waals surface area contributed by atoms with Gasteiger partial charge in [0.05, 0.1) is 25.5 Å². The van der Waals surface area contributed by atoms with Crippen molar-refractivity contribution in [2.24, 2.45) is 0 Å². The number of hydrogen-bond acceptors (Lipinski definition) is 7. The summed E-state index contributed by atoms with van der Waals surface area (Å²) in [7, 11) is 3.13. The Bertz CT molecular complexity index is 636. The number of hydrogen-bond donors (Lipinski definition) is 0. The highest BCUT2D eigenvalue weighted by molar-refractivity contribution is 7.99. The number of benzene rings is 1. The van der Waals surface area contributed by atoms with Gasteiger partial charge in [-0.3, -0.25) is 0 Å². The van der Waals surface area contributed by atoms with Crippen molar-refractivity contribution >= 4 is 11.8 Å². The second kappa shape index (κ2) is 6.30. The summed E-state index contributed by atoms with van der Waals surface area (Å²) >= 11 is 1.22. The predicted molar refractivity (Wildman–Crippen MR) is 73.8 cm³/mol. The third-order valence-corrected chi connectivity index (χ3v) is 3.32. The van der Waals surface area contributed by atoms with E-state index in [4.69, 9.17) is 19.2 Å². The van der Waals surface area contributed by atoms with E-state index in [0.717, 1.165) is 5.56 Å². The summed E-state index contributed by atoms with van der Waals surface area (Å²) in [5.74, 6) is 1.59. The van der Waals surface area contributed by atoms with Crippen LogP contribution < -0.4 is 9.47 Å². The molecule has 20 heavy (non-hydrogen) atoms. The van der Waals surface area contributed by atoms with E-state index in [0.29, 0.717) is 22.6 Å². The molecule has 2 rings (SSSR count). The minimum Gasteiger partial charge on any atom is -0.493 e. The van der Waals surface area contributed by atoms with Gasteiger partial charge in [0.25, 0.3) is 5.22 Å². The molecule has 0 N–H and O–H groups in total. The third-order valence-electron chi connectivity index (χ3n) is 2.50. The largest absolute Gasteiger partial charge is 0.493 e. The van der Waals surface area contributed by atoms with Gasteiger partial charge in [-0.15, -0.1) is 10.2 Å². The maximum absolute atomic E-state index is 8.75. The average molecular weight is 291 g/mol. The number of nitriles is 1. The van der Waals surface area contributed by atoms with Crippen molar-refractivity contribution in [3.8, 4) is 29.0 Å². The summed E-state index contributed by atoms with van der Waals surface area (Å²) in [5.41, 5.74) is 0.728. The normalized spacial score (nSPS) is 11.7. The van der Waals surface area contributed by atoms with Gasteiger partial charge >= 0.3 is 0 Å². The van der Waals surface area contributed by atoms with Crippen LogP contribution in [0.15, 0.2) is 27.8 Å². The molecule has 1 aromatic carbocycles. The number of aromatic nitrogens is 2. The third kappa shape index (κ3) is 3.03. The molecule has 0 aliphatic heterocycles. The Morgan fingerprint density at radius 1 is 1.25 bits per heavy atom. The standard InChI is InChI=1S/C13H13N3O3S/c1-8(7-14)20-13-16-15-12(19-13)9-4-5-10(17-2)11(6-9)18-3/h4-6,8H,1-3H3. The highest BCUT2D eigenvalue weighted by Gasteiger charge is 2.14. The molecule has 2 aromatic rings. The minimum atomic E-state index is -0.242. The van der Waals surface area contributed by atoms with Crippen LogP contribution in [0.4, 0.5) is 0 Å². The monoisotopic (exact) mass is 291 g/mol. The van der Waals surface area contributed by atoms with Gasteiger partial charge < -0.3 is 13.9 Å².